The lowest BCUT2D eigenvalue weighted by atomic mass is 9.99. The molecular weight excluding hydrogens is 480 g/mol. The summed E-state index contributed by atoms with van der Waals surface area (Å²) in [6.45, 7) is -0.310. The second-order valence-corrected chi connectivity index (χ2v) is 9.83. The standard InChI is InChI=1S/C26H22N4O5S/c1-35-26(32)18-8-13-21-22(16-18)29-25(31)23(21)24(17-6-4-3-5-7-17)28-19-9-11-20(12-10-19)30(15-14-27)36(2,33)34/h3-13,16,28H,15H2,1-2H3,(H,29,31)/b24-23-. The van der Waals surface area contributed by atoms with E-state index in [-0.39, 0.29) is 12.5 Å². The van der Waals surface area contributed by atoms with Crippen molar-refractivity contribution in [2.45, 2.75) is 0 Å². The maximum absolute atomic E-state index is 13.1. The third-order valence-corrected chi connectivity index (χ3v) is 6.68. The van der Waals surface area contributed by atoms with Crippen molar-refractivity contribution in [1.29, 1.82) is 5.26 Å². The summed E-state index contributed by atoms with van der Waals surface area (Å²) in [5, 5.41) is 15.1. The van der Waals surface area contributed by atoms with Gasteiger partial charge in [0.1, 0.15) is 6.54 Å². The summed E-state index contributed by atoms with van der Waals surface area (Å²) in [7, 11) is -2.34. The summed E-state index contributed by atoms with van der Waals surface area (Å²) in [5.74, 6) is -0.849. The lowest BCUT2D eigenvalue weighted by Crippen LogP contribution is -2.30. The van der Waals surface area contributed by atoms with Crippen LogP contribution in [0.3, 0.4) is 0 Å². The molecular formula is C26H22N4O5S. The first kappa shape index (κ1) is 24.5. The van der Waals surface area contributed by atoms with Gasteiger partial charge in [-0.15, -0.1) is 0 Å². The molecule has 10 heteroatoms. The van der Waals surface area contributed by atoms with Crippen molar-refractivity contribution in [1.82, 2.24) is 0 Å². The number of benzene rings is 3. The maximum atomic E-state index is 13.1. The Morgan fingerprint density at radius 2 is 1.75 bits per heavy atom. The number of hydrogen-bond acceptors (Lipinski definition) is 7. The smallest absolute Gasteiger partial charge is 0.337 e. The van der Waals surface area contributed by atoms with Gasteiger partial charge in [-0.2, -0.15) is 5.26 Å². The highest BCUT2D eigenvalue weighted by Gasteiger charge is 2.29. The Labute approximate surface area is 208 Å². The lowest BCUT2D eigenvalue weighted by molar-refractivity contribution is -0.110. The van der Waals surface area contributed by atoms with Crippen LogP contribution in [0.5, 0.6) is 0 Å². The van der Waals surface area contributed by atoms with E-state index in [2.05, 4.69) is 10.6 Å². The number of sulfonamides is 1. The van der Waals surface area contributed by atoms with E-state index >= 15 is 0 Å². The summed E-state index contributed by atoms with van der Waals surface area (Å²) in [4.78, 5) is 25.0. The van der Waals surface area contributed by atoms with Crippen molar-refractivity contribution in [3.05, 3.63) is 89.5 Å². The van der Waals surface area contributed by atoms with Crippen LogP contribution in [0.15, 0.2) is 72.8 Å². The number of nitrogens with one attached hydrogen (secondary N) is 2. The number of amides is 1. The molecule has 1 heterocycles. The first-order valence-corrected chi connectivity index (χ1v) is 12.6. The number of rotatable bonds is 7. The molecule has 3 aromatic rings. The number of esters is 1. The quantitative estimate of drug-likeness (QED) is 0.286. The van der Waals surface area contributed by atoms with E-state index in [0.29, 0.717) is 39.5 Å². The van der Waals surface area contributed by atoms with Gasteiger partial charge in [-0.3, -0.25) is 9.10 Å². The van der Waals surface area contributed by atoms with Crippen LogP contribution >= 0.6 is 0 Å². The molecule has 4 rings (SSSR count). The van der Waals surface area contributed by atoms with Crippen molar-refractivity contribution in [2.24, 2.45) is 0 Å². The van der Waals surface area contributed by atoms with Crippen LogP contribution in [0.25, 0.3) is 11.3 Å². The van der Waals surface area contributed by atoms with Gasteiger partial charge in [0.2, 0.25) is 10.0 Å². The number of methoxy groups -OCH3 is 1. The van der Waals surface area contributed by atoms with E-state index in [1.54, 1.807) is 42.5 Å². The lowest BCUT2D eigenvalue weighted by Gasteiger charge is -2.20. The molecule has 182 valence electrons. The Hall–Kier alpha value is -4.62. The van der Waals surface area contributed by atoms with E-state index in [0.717, 1.165) is 16.1 Å². The number of nitrogens with zero attached hydrogens (tertiary/aromatic N) is 2. The minimum Gasteiger partial charge on any atom is -0.465 e. The highest BCUT2D eigenvalue weighted by molar-refractivity contribution is 7.92. The molecule has 3 aromatic carbocycles. The number of anilines is 3. The molecule has 1 aliphatic heterocycles. The minimum atomic E-state index is -3.63. The van der Waals surface area contributed by atoms with Crippen LogP contribution in [0, 0.1) is 11.3 Å². The molecule has 0 saturated heterocycles. The van der Waals surface area contributed by atoms with Crippen molar-refractivity contribution < 1.29 is 22.7 Å². The van der Waals surface area contributed by atoms with Crippen molar-refractivity contribution in [3.8, 4) is 6.07 Å². The Bertz CT molecular complexity index is 1510. The first-order valence-electron chi connectivity index (χ1n) is 10.8. The zero-order valence-electron chi connectivity index (χ0n) is 19.5. The van der Waals surface area contributed by atoms with Gasteiger partial charge in [-0.05, 0) is 42.0 Å². The van der Waals surface area contributed by atoms with E-state index in [9.17, 15) is 18.0 Å². The number of carbonyl (C=O) groups excluding carboxylic acids is 2. The molecule has 1 aliphatic rings. The second-order valence-electron chi connectivity index (χ2n) is 7.92. The topological polar surface area (TPSA) is 129 Å². The fourth-order valence-corrected chi connectivity index (χ4v) is 4.67. The molecule has 2 N–H and O–H groups in total. The predicted octanol–water partition coefficient (Wildman–Crippen LogP) is 3.70. The van der Waals surface area contributed by atoms with Gasteiger partial charge >= 0.3 is 5.97 Å². The number of fused-ring (bicyclic) bond motifs is 1. The molecule has 36 heavy (non-hydrogen) atoms. The minimum absolute atomic E-state index is 0.310. The van der Waals surface area contributed by atoms with Crippen molar-refractivity contribution in [2.75, 3.05) is 34.8 Å². The van der Waals surface area contributed by atoms with Crippen LogP contribution in [0.1, 0.15) is 21.5 Å². The highest BCUT2D eigenvalue weighted by Crippen LogP contribution is 2.38. The molecule has 0 unspecified atom stereocenters. The van der Waals surface area contributed by atoms with Gasteiger partial charge in [-0.1, -0.05) is 36.4 Å². The van der Waals surface area contributed by atoms with Gasteiger partial charge in [0.15, 0.2) is 0 Å². The van der Waals surface area contributed by atoms with Crippen LogP contribution in [-0.4, -0.2) is 40.2 Å². The number of carbonyl (C=O) groups is 2. The summed E-state index contributed by atoms with van der Waals surface area (Å²) in [5.41, 5.74) is 4.04. The maximum Gasteiger partial charge on any atom is 0.337 e. The Morgan fingerprint density at radius 1 is 1.06 bits per heavy atom. The first-order chi connectivity index (χ1) is 17.2. The highest BCUT2D eigenvalue weighted by atomic mass is 32.2. The average Bonchev–Trinajstić information content (AvgIpc) is 3.20. The number of ether oxygens (including phenoxy) is 1. The fraction of sp³-hybridized carbons (Fsp3) is 0.115. The molecule has 0 aliphatic carbocycles. The zero-order chi connectivity index (χ0) is 25.9. The molecule has 9 nitrogen and oxygen atoms in total. The van der Waals surface area contributed by atoms with E-state index in [1.165, 1.54) is 7.11 Å². The molecule has 0 aromatic heterocycles. The molecule has 0 radical (unpaired) electrons. The van der Waals surface area contributed by atoms with E-state index < -0.39 is 16.0 Å². The van der Waals surface area contributed by atoms with Crippen LogP contribution in [0.4, 0.5) is 17.1 Å². The summed E-state index contributed by atoms with van der Waals surface area (Å²) >= 11 is 0. The molecule has 1 amide bonds. The van der Waals surface area contributed by atoms with Crippen LogP contribution in [-0.2, 0) is 19.6 Å². The summed E-state index contributed by atoms with van der Waals surface area (Å²) in [6, 6.07) is 22.5. The second kappa shape index (κ2) is 9.93. The van der Waals surface area contributed by atoms with E-state index in [4.69, 9.17) is 10.00 Å². The average molecular weight is 503 g/mol. The van der Waals surface area contributed by atoms with Crippen LogP contribution in [0.2, 0.25) is 0 Å². The monoisotopic (exact) mass is 502 g/mol. The fourth-order valence-electron chi connectivity index (χ4n) is 3.87. The molecule has 0 atom stereocenters. The third kappa shape index (κ3) is 4.92. The van der Waals surface area contributed by atoms with Crippen molar-refractivity contribution in [3.63, 3.8) is 0 Å². The van der Waals surface area contributed by atoms with Gasteiger partial charge in [0.05, 0.1) is 47.6 Å². The molecule has 0 saturated carbocycles. The number of nitriles is 1. The zero-order valence-corrected chi connectivity index (χ0v) is 20.3. The number of hydrogen-bond donors (Lipinski definition) is 2. The summed E-state index contributed by atoms with van der Waals surface area (Å²) < 4.78 is 29.9. The Kier molecular flexibility index (Phi) is 6.76. The normalized spacial score (nSPS) is 13.8. The third-order valence-electron chi connectivity index (χ3n) is 5.54. The Morgan fingerprint density at radius 3 is 2.36 bits per heavy atom. The van der Waals surface area contributed by atoms with Gasteiger partial charge < -0.3 is 15.4 Å². The largest absolute Gasteiger partial charge is 0.465 e. The van der Waals surface area contributed by atoms with Gasteiger partial charge in [-0.25, -0.2) is 13.2 Å². The van der Waals surface area contributed by atoms with Gasteiger partial charge in [0.25, 0.3) is 5.91 Å². The van der Waals surface area contributed by atoms with Crippen molar-refractivity contribution >= 4 is 50.2 Å². The van der Waals surface area contributed by atoms with Crippen LogP contribution < -0.4 is 14.9 Å². The SMILES string of the molecule is COC(=O)c1ccc2c(c1)NC(=O)/C2=C(\Nc1ccc(N(CC#N)S(C)(=O)=O)cc1)c1ccccc1. The predicted molar refractivity (Wildman–Crippen MR) is 138 cm³/mol. The molecule has 0 fully saturated rings. The van der Waals surface area contributed by atoms with Gasteiger partial charge in [0, 0.05) is 11.3 Å². The van der Waals surface area contributed by atoms with E-state index in [1.807, 2.05) is 36.4 Å². The summed E-state index contributed by atoms with van der Waals surface area (Å²) in [6.07, 6.45) is 1.04. The Balaban J connectivity index is 1.78. The molecule has 0 spiro atoms. The molecule has 0 bridgehead atoms.